The summed E-state index contributed by atoms with van der Waals surface area (Å²) in [5, 5.41) is 5.73. The highest BCUT2D eigenvalue weighted by molar-refractivity contribution is 5.95. The Bertz CT molecular complexity index is 934. The Morgan fingerprint density at radius 3 is 2.46 bits per heavy atom. The first-order valence-corrected chi connectivity index (χ1v) is 9.25. The molecule has 1 atom stereocenters. The number of furan rings is 1. The van der Waals surface area contributed by atoms with Gasteiger partial charge in [-0.05, 0) is 42.7 Å². The van der Waals surface area contributed by atoms with Gasteiger partial charge < -0.3 is 15.1 Å². The molecule has 5 heteroatoms. The molecule has 0 saturated heterocycles. The summed E-state index contributed by atoms with van der Waals surface area (Å²) in [5.41, 5.74) is 4.32. The van der Waals surface area contributed by atoms with Crippen molar-refractivity contribution in [1.29, 1.82) is 0 Å². The van der Waals surface area contributed by atoms with Gasteiger partial charge in [0.15, 0.2) is 5.76 Å². The van der Waals surface area contributed by atoms with Gasteiger partial charge in [-0.2, -0.15) is 0 Å². The molecule has 28 heavy (non-hydrogen) atoms. The van der Waals surface area contributed by atoms with Gasteiger partial charge in [0.2, 0.25) is 5.91 Å². The third-order valence-electron chi connectivity index (χ3n) is 4.60. The van der Waals surface area contributed by atoms with Crippen LogP contribution in [0.25, 0.3) is 0 Å². The van der Waals surface area contributed by atoms with Crippen LogP contribution in [0.2, 0.25) is 0 Å². The van der Waals surface area contributed by atoms with E-state index in [9.17, 15) is 9.59 Å². The number of rotatable bonds is 7. The molecule has 0 saturated carbocycles. The fraction of sp³-hybridized carbons (Fsp3) is 0.217. The van der Waals surface area contributed by atoms with Crippen molar-refractivity contribution in [3.8, 4) is 0 Å². The highest BCUT2D eigenvalue weighted by atomic mass is 16.3. The normalized spacial score (nSPS) is 11.6. The van der Waals surface area contributed by atoms with Crippen molar-refractivity contribution in [1.82, 2.24) is 10.6 Å². The quantitative estimate of drug-likeness (QED) is 0.662. The summed E-state index contributed by atoms with van der Waals surface area (Å²) in [7, 11) is 0. The van der Waals surface area contributed by atoms with Crippen molar-refractivity contribution in [2.45, 2.75) is 32.9 Å². The number of benzene rings is 2. The Hall–Kier alpha value is -3.34. The molecule has 1 aromatic heterocycles. The summed E-state index contributed by atoms with van der Waals surface area (Å²) in [4.78, 5) is 25.2. The summed E-state index contributed by atoms with van der Waals surface area (Å²) in [6, 6.07) is 18.2. The lowest BCUT2D eigenvalue weighted by Crippen LogP contribution is -2.47. The lowest BCUT2D eigenvalue weighted by atomic mass is 10.0. The number of carbonyl (C=O) groups excluding carboxylic acids is 2. The van der Waals surface area contributed by atoms with Crippen LogP contribution in [0, 0.1) is 13.8 Å². The van der Waals surface area contributed by atoms with Crippen LogP contribution >= 0.6 is 0 Å². The molecule has 0 aliphatic carbocycles. The van der Waals surface area contributed by atoms with Gasteiger partial charge in [0.1, 0.15) is 6.04 Å². The van der Waals surface area contributed by atoms with Crippen molar-refractivity contribution in [2.24, 2.45) is 0 Å². The van der Waals surface area contributed by atoms with Gasteiger partial charge in [0.05, 0.1) is 6.26 Å². The van der Waals surface area contributed by atoms with E-state index in [2.05, 4.69) is 16.7 Å². The highest BCUT2D eigenvalue weighted by Gasteiger charge is 2.23. The molecule has 2 amide bonds. The summed E-state index contributed by atoms with van der Waals surface area (Å²) >= 11 is 0. The van der Waals surface area contributed by atoms with Gasteiger partial charge in [-0.3, -0.25) is 9.59 Å². The second kappa shape index (κ2) is 9.04. The largest absolute Gasteiger partial charge is 0.459 e. The van der Waals surface area contributed by atoms with E-state index in [0.717, 1.165) is 16.7 Å². The first kappa shape index (κ1) is 19.4. The van der Waals surface area contributed by atoms with Gasteiger partial charge in [-0.25, -0.2) is 0 Å². The minimum absolute atomic E-state index is 0.181. The number of nitrogens with one attached hydrogen (secondary N) is 2. The number of amides is 2. The van der Waals surface area contributed by atoms with Crippen LogP contribution < -0.4 is 10.6 Å². The van der Waals surface area contributed by atoms with Crippen molar-refractivity contribution in [3.05, 3.63) is 94.9 Å². The van der Waals surface area contributed by atoms with E-state index < -0.39 is 11.9 Å². The van der Waals surface area contributed by atoms with Gasteiger partial charge >= 0.3 is 0 Å². The van der Waals surface area contributed by atoms with Gasteiger partial charge in [-0.15, -0.1) is 0 Å². The van der Waals surface area contributed by atoms with Crippen LogP contribution in [0.1, 0.15) is 32.8 Å². The zero-order valence-electron chi connectivity index (χ0n) is 16.1. The SMILES string of the molecule is Cc1ccc(CNC(=O)C(Cc2ccccc2)NC(=O)c2ccco2)c(C)c1. The lowest BCUT2D eigenvalue weighted by molar-refractivity contribution is -0.123. The van der Waals surface area contributed by atoms with E-state index in [1.54, 1.807) is 12.1 Å². The standard InChI is InChI=1S/C23H24N2O3/c1-16-10-11-19(17(2)13-16)15-24-22(26)20(14-18-7-4-3-5-8-18)25-23(27)21-9-6-12-28-21/h3-13,20H,14-15H2,1-2H3,(H,24,26)(H,25,27). The molecule has 0 fully saturated rings. The minimum Gasteiger partial charge on any atom is -0.459 e. The Balaban J connectivity index is 1.71. The van der Waals surface area contributed by atoms with E-state index in [-0.39, 0.29) is 11.7 Å². The van der Waals surface area contributed by atoms with Crippen LogP contribution in [-0.2, 0) is 17.8 Å². The predicted molar refractivity (Wildman–Crippen MR) is 108 cm³/mol. The van der Waals surface area contributed by atoms with Crippen LogP contribution in [0.3, 0.4) is 0 Å². The number of hydrogen-bond acceptors (Lipinski definition) is 3. The van der Waals surface area contributed by atoms with Crippen LogP contribution in [-0.4, -0.2) is 17.9 Å². The predicted octanol–water partition coefficient (Wildman–Crippen LogP) is 3.55. The zero-order valence-corrected chi connectivity index (χ0v) is 16.1. The molecule has 144 valence electrons. The second-order valence-electron chi connectivity index (χ2n) is 6.84. The average Bonchev–Trinajstić information content (AvgIpc) is 3.22. The van der Waals surface area contributed by atoms with Gasteiger partial charge in [0, 0.05) is 13.0 Å². The molecule has 0 radical (unpaired) electrons. The molecule has 3 rings (SSSR count). The van der Waals surface area contributed by atoms with Crippen LogP contribution in [0.15, 0.2) is 71.3 Å². The summed E-state index contributed by atoms with van der Waals surface area (Å²) in [6.45, 7) is 4.47. The Labute approximate surface area is 164 Å². The number of hydrogen-bond donors (Lipinski definition) is 2. The van der Waals surface area contributed by atoms with Gasteiger partial charge in [0.25, 0.3) is 5.91 Å². The molecule has 0 spiro atoms. The molecule has 0 aliphatic heterocycles. The molecule has 2 aromatic carbocycles. The summed E-state index contributed by atoms with van der Waals surface area (Å²) in [6.07, 6.45) is 1.83. The van der Waals surface area contributed by atoms with E-state index in [0.29, 0.717) is 13.0 Å². The topological polar surface area (TPSA) is 71.3 Å². The molecule has 3 aromatic rings. The molecule has 1 heterocycles. The Kier molecular flexibility index (Phi) is 6.27. The Morgan fingerprint density at radius 2 is 1.79 bits per heavy atom. The zero-order chi connectivity index (χ0) is 19.9. The van der Waals surface area contributed by atoms with Crippen molar-refractivity contribution in [2.75, 3.05) is 0 Å². The molecule has 2 N–H and O–H groups in total. The van der Waals surface area contributed by atoms with Crippen LogP contribution in [0.4, 0.5) is 0 Å². The van der Waals surface area contributed by atoms with Crippen molar-refractivity contribution < 1.29 is 14.0 Å². The number of carbonyl (C=O) groups is 2. The van der Waals surface area contributed by atoms with E-state index >= 15 is 0 Å². The van der Waals surface area contributed by atoms with E-state index in [1.807, 2.05) is 56.3 Å². The van der Waals surface area contributed by atoms with Crippen molar-refractivity contribution in [3.63, 3.8) is 0 Å². The third-order valence-corrected chi connectivity index (χ3v) is 4.60. The molecule has 0 bridgehead atoms. The summed E-state index contributed by atoms with van der Waals surface area (Å²) in [5.74, 6) is -0.462. The Morgan fingerprint density at radius 1 is 1.00 bits per heavy atom. The fourth-order valence-corrected chi connectivity index (χ4v) is 3.05. The molecular weight excluding hydrogens is 352 g/mol. The monoisotopic (exact) mass is 376 g/mol. The van der Waals surface area contributed by atoms with E-state index in [1.165, 1.54) is 11.8 Å². The lowest BCUT2D eigenvalue weighted by Gasteiger charge is -2.19. The first-order valence-electron chi connectivity index (χ1n) is 9.25. The maximum atomic E-state index is 12.8. The molecule has 1 unspecified atom stereocenters. The fourth-order valence-electron chi connectivity index (χ4n) is 3.05. The molecule has 0 aliphatic rings. The second-order valence-corrected chi connectivity index (χ2v) is 6.84. The number of aryl methyl sites for hydroxylation is 2. The third kappa shape index (κ3) is 5.10. The maximum Gasteiger partial charge on any atom is 0.287 e. The smallest absolute Gasteiger partial charge is 0.287 e. The maximum absolute atomic E-state index is 12.8. The van der Waals surface area contributed by atoms with Crippen LogP contribution in [0.5, 0.6) is 0 Å². The van der Waals surface area contributed by atoms with Gasteiger partial charge in [-0.1, -0.05) is 54.1 Å². The average molecular weight is 376 g/mol. The minimum atomic E-state index is -0.703. The van der Waals surface area contributed by atoms with Crippen molar-refractivity contribution >= 4 is 11.8 Å². The van der Waals surface area contributed by atoms with E-state index in [4.69, 9.17) is 4.42 Å². The highest BCUT2D eigenvalue weighted by Crippen LogP contribution is 2.11. The molecular formula is C23H24N2O3. The molecule has 5 nitrogen and oxygen atoms in total. The first-order chi connectivity index (χ1) is 13.5. The summed E-state index contributed by atoms with van der Waals surface area (Å²) < 4.78 is 5.14.